The largest absolute Gasteiger partial charge is 0.467 e. The molecule has 6 nitrogen and oxygen atoms in total. The molecule has 2 N–H and O–H groups in total. The van der Waals surface area contributed by atoms with E-state index in [0.717, 1.165) is 5.76 Å². The van der Waals surface area contributed by atoms with Gasteiger partial charge >= 0.3 is 0 Å². The van der Waals surface area contributed by atoms with Crippen molar-refractivity contribution in [1.82, 2.24) is 20.2 Å². The maximum Gasteiger partial charge on any atom is 0.188 e. The minimum atomic E-state index is 0.304. The Bertz CT molecular complexity index is 366. The Labute approximate surface area is 74.3 Å². The molecule has 0 fully saturated rings. The lowest BCUT2D eigenvalue weighted by Gasteiger charge is -1.92. The summed E-state index contributed by atoms with van der Waals surface area (Å²) >= 11 is 0. The van der Waals surface area contributed by atoms with Gasteiger partial charge in [-0.25, -0.2) is 0 Å². The summed E-state index contributed by atoms with van der Waals surface area (Å²) in [5, 5.41) is 11.5. The summed E-state index contributed by atoms with van der Waals surface area (Å²) < 4.78 is 5.12. The van der Waals surface area contributed by atoms with E-state index in [1.165, 1.54) is 4.80 Å². The molecule has 0 atom stereocenters. The van der Waals surface area contributed by atoms with Gasteiger partial charge < -0.3 is 10.2 Å². The maximum atomic E-state index is 5.33. The Morgan fingerprint density at radius 3 is 3.08 bits per heavy atom. The van der Waals surface area contributed by atoms with E-state index >= 15 is 0 Å². The van der Waals surface area contributed by atoms with E-state index < -0.39 is 0 Å². The van der Waals surface area contributed by atoms with Gasteiger partial charge in [-0.05, 0) is 17.3 Å². The van der Waals surface area contributed by atoms with E-state index in [9.17, 15) is 0 Å². The smallest absolute Gasteiger partial charge is 0.188 e. The standard InChI is InChI=1S/C7H9N5O/c8-4-7-9-11-12(10-7)5-6-2-1-3-13-6/h1-3H,4-5,8H2. The second-order valence-electron chi connectivity index (χ2n) is 2.52. The van der Waals surface area contributed by atoms with Crippen molar-refractivity contribution >= 4 is 0 Å². The first-order valence-corrected chi connectivity index (χ1v) is 3.87. The lowest BCUT2D eigenvalue weighted by molar-refractivity contribution is 0.452. The first kappa shape index (κ1) is 7.93. The Morgan fingerprint density at radius 2 is 2.46 bits per heavy atom. The number of tetrazole rings is 1. The van der Waals surface area contributed by atoms with Gasteiger partial charge in [-0.15, -0.1) is 10.2 Å². The van der Waals surface area contributed by atoms with E-state index in [1.807, 2.05) is 12.1 Å². The highest BCUT2D eigenvalue weighted by Gasteiger charge is 2.02. The number of aromatic nitrogens is 4. The zero-order valence-corrected chi connectivity index (χ0v) is 6.92. The third-order valence-corrected chi connectivity index (χ3v) is 1.55. The zero-order chi connectivity index (χ0) is 9.10. The number of nitrogens with two attached hydrogens (primary N) is 1. The lowest BCUT2D eigenvalue weighted by atomic mass is 10.5. The van der Waals surface area contributed by atoms with Crippen LogP contribution in [-0.4, -0.2) is 20.2 Å². The van der Waals surface area contributed by atoms with Gasteiger partial charge in [-0.2, -0.15) is 4.80 Å². The van der Waals surface area contributed by atoms with Gasteiger partial charge in [0.05, 0.1) is 12.8 Å². The van der Waals surface area contributed by atoms with Crippen molar-refractivity contribution in [3.8, 4) is 0 Å². The Kier molecular flexibility index (Phi) is 2.05. The molecule has 2 rings (SSSR count). The van der Waals surface area contributed by atoms with Crippen molar-refractivity contribution in [1.29, 1.82) is 0 Å². The fourth-order valence-corrected chi connectivity index (χ4v) is 0.967. The fourth-order valence-electron chi connectivity index (χ4n) is 0.967. The monoisotopic (exact) mass is 179 g/mol. The summed E-state index contributed by atoms with van der Waals surface area (Å²) in [4.78, 5) is 1.45. The van der Waals surface area contributed by atoms with Crippen molar-refractivity contribution in [3.05, 3.63) is 30.0 Å². The van der Waals surface area contributed by atoms with Crippen LogP contribution in [0.2, 0.25) is 0 Å². The van der Waals surface area contributed by atoms with Gasteiger partial charge in [0.15, 0.2) is 5.82 Å². The third kappa shape index (κ3) is 1.73. The zero-order valence-electron chi connectivity index (χ0n) is 6.92. The van der Waals surface area contributed by atoms with E-state index in [0.29, 0.717) is 18.9 Å². The normalized spacial score (nSPS) is 10.5. The van der Waals surface area contributed by atoms with Crippen LogP contribution in [0.25, 0.3) is 0 Å². The molecule has 0 aliphatic heterocycles. The Balaban J connectivity index is 2.10. The van der Waals surface area contributed by atoms with Crippen LogP contribution in [0.4, 0.5) is 0 Å². The molecule has 0 spiro atoms. The molecule has 2 aromatic heterocycles. The summed E-state index contributed by atoms with van der Waals surface area (Å²) in [5.74, 6) is 1.33. The second-order valence-corrected chi connectivity index (χ2v) is 2.52. The highest BCUT2D eigenvalue weighted by Crippen LogP contribution is 2.00. The van der Waals surface area contributed by atoms with Crippen molar-refractivity contribution in [3.63, 3.8) is 0 Å². The highest BCUT2D eigenvalue weighted by atomic mass is 16.3. The molecule has 2 aromatic rings. The average molecular weight is 179 g/mol. The second kappa shape index (κ2) is 3.36. The Hall–Kier alpha value is -1.69. The highest BCUT2D eigenvalue weighted by molar-refractivity contribution is 4.97. The van der Waals surface area contributed by atoms with Crippen LogP contribution in [0.1, 0.15) is 11.6 Å². The average Bonchev–Trinajstić information content (AvgIpc) is 2.76. The first-order chi connectivity index (χ1) is 6.38. The summed E-state index contributed by atoms with van der Waals surface area (Å²) in [7, 11) is 0. The molecule has 0 aliphatic carbocycles. The maximum absolute atomic E-state index is 5.33. The number of hydrogen-bond donors (Lipinski definition) is 1. The van der Waals surface area contributed by atoms with Crippen LogP contribution in [-0.2, 0) is 13.1 Å². The third-order valence-electron chi connectivity index (χ3n) is 1.55. The molecule has 0 unspecified atom stereocenters. The van der Waals surface area contributed by atoms with Crippen LogP contribution in [0, 0.1) is 0 Å². The molecule has 0 aliphatic rings. The van der Waals surface area contributed by atoms with E-state index in [4.69, 9.17) is 10.2 Å². The summed E-state index contributed by atoms with van der Waals surface area (Å²) in [6, 6.07) is 3.67. The predicted octanol–water partition coefficient (Wildman–Crippen LogP) is -0.227. The molecule has 0 amide bonds. The van der Waals surface area contributed by atoms with E-state index in [2.05, 4.69) is 15.4 Å². The molecular formula is C7H9N5O. The number of rotatable bonds is 3. The summed E-state index contributed by atoms with van der Waals surface area (Å²) in [6.45, 7) is 0.790. The molecule has 0 saturated heterocycles. The minimum absolute atomic E-state index is 0.304. The first-order valence-electron chi connectivity index (χ1n) is 3.87. The molecule has 68 valence electrons. The molecule has 0 aromatic carbocycles. The fraction of sp³-hybridized carbons (Fsp3) is 0.286. The van der Waals surface area contributed by atoms with Gasteiger partial charge in [0.25, 0.3) is 0 Å². The molecule has 2 heterocycles. The van der Waals surface area contributed by atoms with Gasteiger partial charge in [-0.1, -0.05) is 0 Å². The van der Waals surface area contributed by atoms with Crippen molar-refractivity contribution in [2.45, 2.75) is 13.1 Å². The predicted molar refractivity (Wildman–Crippen MR) is 43.5 cm³/mol. The Morgan fingerprint density at radius 1 is 1.54 bits per heavy atom. The molecule has 6 heteroatoms. The van der Waals surface area contributed by atoms with Crippen molar-refractivity contribution in [2.24, 2.45) is 5.73 Å². The van der Waals surface area contributed by atoms with E-state index in [-0.39, 0.29) is 0 Å². The summed E-state index contributed by atoms with van der Waals surface area (Å²) in [5.41, 5.74) is 5.33. The van der Waals surface area contributed by atoms with Gasteiger partial charge in [0.2, 0.25) is 0 Å². The van der Waals surface area contributed by atoms with Crippen molar-refractivity contribution < 1.29 is 4.42 Å². The van der Waals surface area contributed by atoms with Gasteiger partial charge in [0.1, 0.15) is 12.3 Å². The molecule has 0 saturated carbocycles. The number of nitrogens with zero attached hydrogens (tertiary/aromatic N) is 4. The summed E-state index contributed by atoms with van der Waals surface area (Å²) in [6.07, 6.45) is 1.61. The molecule has 13 heavy (non-hydrogen) atoms. The molecule has 0 radical (unpaired) electrons. The topological polar surface area (TPSA) is 82.8 Å². The molecule has 0 bridgehead atoms. The van der Waals surface area contributed by atoms with Crippen molar-refractivity contribution in [2.75, 3.05) is 0 Å². The van der Waals surface area contributed by atoms with Crippen LogP contribution in [0.15, 0.2) is 22.8 Å². The number of hydrogen-bond acceptors (Lipinski definition) is 5. The van der Waals surface area contributed by atoms with Gasteiger partial charge in [-0.3, -0.25) is 0 Å². The number of furan rings is 1. The van der Waals surface area contributed by atoms with E-state index in [1.54, 1.807) is 6.26 Å². The van der Waals surface area contributed by atoms with Crippen LogP contribution in [0.5, 0.6) is 0 Å². The quantitative estimate of drug-likeness (QED) is 0.703. The van der Waals surface area contributed by atoms with Crippen LogP contribution >= 0.6 is 0 Å². The lowest BCUT2D eigenvalue weighted by Crippen LogP contribution is -2.04. The molecular weight excluding hydrogens is 170 g/mol. The van der Waals surface area contributed by atoms with Crippen LogP contribution in [0.3, 0.4) is 0 Å². The van der Waals surface area contributed by atoms with Gasteiger partial charge in [0, 0.05) is 0 Å². The SMILES string of the molecule is NCc1nnn(Cc2ccco2)n1. The minimum Gasteiger partial charge on any atom is -0.467 e. The van der Waals surface area contributed by atoms with Crippen LogP contribution < -0.4 is 5.73 Å².